The van der Waals surface area contributed by atoms with Gasteiger partial charge in [-0.2, -0.15) is 0 Å². The van der Waals surface area contributed by atoms with Crippen LogP contribution in [0, 0.1) is 17.8 Å². The van der Waals surface area contributed by atoms with Crippen LogP contribution in [-0.4, -0.2) is 54.0 Å². The van der Waals surface area contributed by atoms with Gasteiger partial charge < -0.3 is 14.9 Å². The second-order valence-corrected chi connectivity index (χ2v) is 9.45. The Balaban J connectivity index is 1.41. The molecule has 0 bridgehead atoms. The molecule has 2 fully saturated rings. The smallest absolute Gasteiger partial charge is 0.263 e. The zero-order valence-corrected chi connectivity index (χ0v) is 18.9. The molecule has 1 N–H and O–H groups in total. The summed E-state index contributed by atoms with van der Waals surface area (Å²) in [5, 5.41) is 11.7. The van der Waals surface area contributed by atoms with Crippen molar-refractivity contribution in [1.29, 1.82) is 0 Å². The van der Waals surface area contributed by atoms with Crippen LogP contribution in [0.1, 0.15) is 31.4 Å². The molecule has 2 aliphatic rings. The fourth-order valence-corrected chi connectivity index (χ4v) is 5.17. The van der Waals surface area contributed by atoms with E-state index in [4.69, 9.17) is 0 Å². The molecule has 2 aromatic carbocycles. The molecular weight excluding hydrogens is 384 g/mol. The predicted octanol–water partition coefficient (Wildman–Crippen LogP) is 3.92. The Morgan fingerprint density at radius 1 is 1.03 bits per heavy atom. The fourth-order valence-electron chi connectivity index (χ4n) is 5.17. The minimum atomic E-state index is -1.67. The Labute approximate surface area is 186 Å². The van der Waals surface area contributed by atoms with Crippen molar-refractivity contribution in [2.45, 2.75) is 25.9 Å². The van der Waals surface area contributed by atoms with E-state index >= 15 is 0 Å². The summed E-state index contributed by atoms with van der Waals surface area (Å²) in [5.41, 5.74) is 0.933. The molecule has 4 heteroatoms. The summed E-state index contributed by atoms with van der Waals surface area (Å²) in [4.78, 5) is 17.9. The van der Waals surface area contributed by atoms with Gasteiger partial charge in [0.15, 0.2) is 5.60 Å². The highest BCUT2D eigenvalue weighted by Gasteiger charge is 2.56. The van der Waals surface area contributed by atoms with Crippen molar-refractivity contribution in [3.63, 3.8) is 0 Å². The van der Waals surface area contributed by atoms with Crippen molar-refractivity contribution in [3.05, 3.63) is 83.4 Å². The Bertz CT molecular complexity index is 869. The third kappa shape index (κ3) is 4.46. The topological polar surface area (TPSA) is 43.8 Å². The maximum atomic E-state index is 13.6. The summed E-state index contributed by atoms with van der Waals surface area (Å²) in [6.45, 7) is 8.40. The van der Waals surface area contributed by atoms with Gasteiger partial charge in [0.05, 0.1) is 0 Å². The summed E-state index contributed by atoms with van der Waals surface area (Å²) >= 11 is 0. The molecule has 0 radical (unpaired) electrons. The van der Waals surface area contributed by atoms with E-state index < -0.39 is 5.60 Å². The third-order valence-electron chi connectivity index (χ3n) is 6.97. The van der Waals surface area contributed by atoms with Crippen LogP contribution in [0.4, 0.5) is 0 Å². The Kier molecular flexibility index (Phi) is 6.31. The summed E-state index contributed by atoms with van der Waals surface area (Å²) < 4.78 is 0. The lowest BCUT2D eigenvalue weighted by Crippen LogP contribution is -2.47. The van der Waals surface area contributed by atoms with Gasteiger partial charge in [0.25, 0.3) is 5.91 Å². The molecule has 1 aliphatic carbocycles. The molecule has 2 atom stereocenters. The summed E-state index contributed by atoms with van der Waals surface area (Å²) in [5.74, 6) is 1.66. The largest absolute Gasteiger partial charge is 0.372 e. The molecule has 164 valence electrons. The van der Waals surface area contributed by atoms with Gasteiger partial charge in [-0.3, -0.25) is 4.79 Å². The molecule has 4 nitrogen and oxygen atoms in total. The zero-order valence-electron chi connectivity index (χ0n) is 18.9. The van der Waals surface area contributed by atoms with Crippen LogP contribution in [0.3, 0.4) is 0 Å². The standard InChI is InChI=1S/C27H34N2O2/c1-20(2)11-10-16-29-18-24-23(25(24)19-29)17-28(3)26(30)27(31,21-12-6-4-7-13-21)22-14-8-5-9-15-22/h4-9,11-15,23-25,31H,10,16-19H2,1-3H3. The number of aliphatic hydroxyl groups is 1. The van der Waals surface area contributed by atoms with E-state index in [9.17, 15) is 9.90 Å². The van der Waals surface area contributed by atoms with E-state index in [2.05, 4.69) is 24.8 Å². The number of benzene rings is 2. The highest BCUT2D eigenvalue weighted by atomic mass is 16.3. The summed E-state index contributed by atoms with van der Waals surface area (Å²) in [7, 11) is 1.83. The number of carbonyl (C=O) groups excluding carboxylic acids is 1. The normalized spacial score (nSPS) is 22.6. The number of fused-ring (bicyclic) bond motifs is 1. The molecule has 1 heterocycles. The number of allylic oxidation sites excluding steroid dienone is 1. The number of piperidine rings is 1. The number of carbonyl (C=O) groups is 1. The van der Waals surface area contributed by atoms with Crippen LogP contribution in [0.2, 0.25) is 0 Å². The number of hydrogen-bond donors (Lipinski definition) is 1. The molecule has 4 rings (SSSR count). The van der Waals surface area contributed by atoms with Crippen molar-refractivity contribution < 1.29 is 9.90 Å². The van der Waals surface area contributed by atoms with Crippen molar-refractivity contribution in [3.8, 4) is 0 Å². The molecule has 0 aromatic heterocycles. The van der Waals surface area contributed by atoms with Crippen LogP contribution in [0.25, 0.3) is 0 Å². The molecular formula is C27H34N2O2. The van der Waals surface area contributed by atoms with Crippen molar-refractivity contribution in [2.24, 2.45) is 17.8 Å². The first-order valence-electron chi connectivity index (χ1n) is 11.4. The van der Waals surface area contributed by atoms with Crippen LogP contribution in [0.15, 0.2) is 72.3 Å². The van der Waals surface area contributed by atoms with Crippen molar-refractivity contribution in [2.75, 3.05) is 33.2 Å². The lowest BCUT2D eigenvalue weighted by molar-refractivity contribution is -0.147. The number of rotatable bonds is 8. The van der Waals surface area contributed by atoms with E-state index in [1.165, 1.54) is 5.57 Å². The van der Waals surface area contributed by atoms with Gasteiger partial charge in [-0.25, -0.2) is 0 Å². The number of amides is 1. The van der Waals surface area contributed by atoms with Crippen molar-refractivity contribution >= 4 is 5.91 Å². The van der Waals surface area contributed by atoms with Crippen molar-refractivity contribution in [1.82, 2.24) is 9.80 Å². The number of likely N-dealkylation sites (tertiary alicyclic amines) is 1. The average molecular weight is 419 g/mol. The van der Waals surface area contributed by atoms with Crippen LogP contribution < -0.4 is 0 Å². The van der Waals surface area contributed by atoms with E-state index in [0.29, 0.717) is 35.4 Å². The second-order valence-electron chi connectivity index (χ2n) is 9.45. The molecule has 0 spiro atoms. The lowest BCUT2D eigenvalue weighted by atomic mass is 9.85. The zero-order chi connectivity index (χ0) is 22.0. The Hall–Kier alpha value is -2.43. The first kappa shape index (κ1) is 21.8. The summed E-state index contributed by atoms with van der Waals surface area (Å²) in [6, 6.07) is 18.6. The summed E-state index contributed by atoms with van der Waals surface area (Å²) in [6.07, 6.45) is 3.42. The van der Waals surface area contributed by atoms with Gasteiger partial charge in [0, 0.05) is 33.2 Å². The minimum absolute atomic E-state index is 0.254. The van der Waals surface area contributed by atoms with Gasteiger partial charge in [-0.05, 0) is 49.1 Å². The maximum Gasteiger partial charge on any atom is 0.263 e. The predicted molar refractivity (Wildman–Crippen MR) is 124 cm³/mol. The molecule has 2 unspecified atom stereocenters. The first-order valence-corrected chi connectivity index (χ1v) is 11.4. The van der Waals surface area contributed by atoms with Gasteiger partial charge in [-0.1, -0.05) is 72.3 Å². The van der Waals surface area contributed by atoms with Gasteiger partial charge in [-0.15, -0.1) is 0 Å². The van der Waals surface area contributed by atoms with Crippen LogP contribution in [-0.2, 0) is 10.4 Å². The first-order chi connectivity index (χ1) is 14.9. The van der Waals surface area contributed by atoms with Gasteiger partial charge in [0.2, 0.25) is 0 Å². The minimum Gasteiger partial charge on any atom is -0.372 e. The molecule has 1 amide bonds. The lowest BCUT2D eigenvalue weighted by Gasteiger charge is -2.33. The molecule has 31 heavy (non-hydrogen) atoms. The molecule has 1 aliphatic heterocycles. The Morgan fingerprint density at radius 2 is 1.55 bits per heavy atom. The quantitative estimate of drug-likeness (QED) is 0.661. The fraction of sp³-hybridized carbons (Fsp3) is 0.444. The van der Waals surface area contributed by atoms with Crippen LogP contribution in [0.5, 0.6) is 0 Å². The Morgan fingerprint density at radius 3 is 2.03 bits per heavy atom. The monoisotopic (exact) mass is 418 g/mol. The average Bonchev–Trinajstić information content (AvgIpc) is 3.22. The molecule has 1 saturated heterocycles. The molecule has 2 aromatic rings. The van der Waals surface area contributed by atoms with E-state index in [1.807, 2.05) is 67.7 Å². The maximum absolute atomic E-state index is 13.6. The number of likely N-dealkylation sites (N-methyl/N-ethyl adjacent to an activating group) is 1. The highest BCUT2D eigenvalue weighted by Crippen LogP contribution is 2.52. The van der Waals surface area contributed by atoms with Gasteiger partial charge in [0.1, 0.15) is 0 Å². The van der Waals surface area contributed by atoms with E-state index in [1.54, 1.807) is 4.90 Å². The second kappa shape index (κ2) is 8.97. The molecule has 1 saturated carbocycles. The van der Waals surface area contributed by atoms with E-state index in [-0.39, 0.29) is 5.91 Å². The number of hydrogen-bond acceptors (Lipinski definition) is 3. The third-order valence-corrected chi connectivity index (χ3v) is 6.97. The highest BCUT2D eigenvalue weighted by molar-refractivity contribution is 5.90. The SMILES string of the molecule is CC(C)=CCCN1CC2C(C1)C2CN(C)C(=O)C(O)(c1ccccc1)c1ccccc1. The van der Waals surface area contributed by atoms with E-state index in [0.717, 1.165) is 26.1 Å². The van der Waals surface area contributed by atoms with Gasteiger partial charge >= 0.3 is 0 Å². The van der Waals surface area contributed by atoms with Crippen LogP contribution >= 0.6 is 0 Å². The number of nitrogens with zero attached hydrogens (tertiary/aromatic N) is 2.